The van der Waals surface area contributed by atoms with E-state index in [0.29, 0.717) is 10.9 Å². The van der Waals surface area contributed by atoms with Gasteiger partial charge in [0.05, 0.1) is 0 Å². The van der Waals surface area contributed by atoms with Gasteiger partial charge >= 0.3 is 915 Å². The number of methoxy groups -OCH3 is 1. The van der Waals surface area contributed by atoms with Crippen LogP contribution in [0.1, 0.15) is 282 Å². The normalized spacial score (nSPS) is 19.6. The molecule has 9 heteroatoms. The summed E-state index contributed by atoms with van der Waals surface area (Å²) in [5, 5.41) is 6.86. The molecule has 730 valence electrons. The topological polar surface area (TPSA) is 9.23 Å². The van der Waals surface area contributed by atoms with Gasteiger partial charge in [0.1, 0.15) is 0 Å². The third-order valence-corrected chi connectivity index (χ3v) is 84.6. The molecule has 0 N–H and O–H groups in total. The molecule has 0 aliphatic heterocycles. The number of unbranched alkanes of at least 4 members (excludes halogenated alkanes) is 10. The Morgan fingerprint density at radius 1 is 0.348 bits per heavy atom. The molecule has 0 aromatic heterocycles. The molecular weight excluding hydrogens is 2200 g/mol. The van der Waals surface area contributed by atoms with Crippen molar-refractivity contribution in [3.05, 3.63) is 395 Å². The van der Waals surface area contributed by atoms with E-state index >= 15 is 0 Å². The van der Waals surface area contributed by atoms with Gasteiger partial charge in [0.15, 0.2) is 0 Å². The average molecular weight is 2360 g/mol. The fourth-order valence-electron chi connectivity index (χ4n) is 26.2. The number of benzene rings is 11. The predicted octanol–water partition coefficient (Wildman–Crippen LogP) is 40.8. The fourth-order valence-corrected chi connectivity index (χ4v) is 70.1. The quantitative estimate of drug-likeness (QED) is 0.0351. The third kappa shape index (κ3) is 23.5. The van der Waals surface area contributed by atoms with Crippen molar-refractivity contribution in [3.8, 4) is 50.3 Å². The van der Waals surface area contributed by atoms with Crippen molar-refractivity contribution in [3.63, 3.8) is 0 Å². The first-order valence-corrected chi connectivity index (χ1v) is 91.7. The number of allylic oxidation sites excluding steroid dienone is 14. The van der Waals surface area contributed by atoms with Crippen LogP contribution in [0, 0.1) is 5.41 Å². The molecular formula is C132H161ClGe4OZr3. The SMILES string of the molecule is CC1=C(C)[CH]([Ge]([CH3])([CH3])[CH2]CCCCCC[CH2][Ge]([CH3])([CH3])[CH]2C(C)=C(C)c3ccccc32)c2ccccc21.CC1=C(C)[CH]([Ge]([CH3])([CH3])[CH2]CCCCCC[CH2][Ge]([CH3])([CH3])[CH]2C(C)=C(C)c3ccccc32)c2ccccc21.CC1=Cc2c(-c3ccccc3)cccc2[CH]1[Zr].CC1=Cc2c(-c3ccccc3)cccc2[CH]1[Zr].COc1ccc(-c2ccccc2)c2c1-c1ccc(Cl)cc1[CH]2[Zr]([CH3])([CH3])[C]1(C)C=CC(C(C)(C)C)=C1. The first-order valence-electron chi connectivity index (χ1n) is 53.3. The van der Waals surface area contributed by atoms with Crippen molar-refractivity contribution in [2.75, 3.05) is 7.11 Å². The second-order valence-electron chi connectivity index (χ2n) is 47.3. The molecule has 0 spiro atoms. The van der Waals surface area contributed by atoms with Gasteiger partial charge in [0.2, 0.25) is 0 Å². The van der Waals surface area contributed by atoms with E-state index in [1.807, 2.05) is 6.07 Å². The van der Waals surface area contributed by atoms with E-state index in [1.54, 1.807) is 123 Å². The fraction of sp³-hybridized carbons (Fsp3) is 0.379. The number of fused-ring (bicyclic) bond motifs is 9. The molecule has 0 heterocycles. The third-order valence-electron chi connectivity index (χ3n) is 34.9. The van der Waals surface area contributed by atoms with Crippen LogP contribution in [-0.4, -0.2) is 60.2 Å². The molecule has 0 bridgehead atoms. The minimum absolute atomic E-state index is 0.0835. The molecule has 11 aromatic carbocycles. The first kappa shape index (κ1) is 109. The molecule has 8 atom stereocenters. The molecule has 0 saturated carbocycles. The minimum atomic E-state index is -3.08. The maximum atomic E-state index is 6.66. The molecule has 1 nitrogen and oxygen atoms in total. The van der Waals surface area contributed by atoms with E-state index < -0.39 is 73.3 Å². The van der Waals surface area contributed by atoms with Crippen molar-refractivity contribution in [2.45, 2.75) is 283 Å². The Bertz CT molecular complexity index is 6160. The van der Waals surface area contributed by atoms with Gasteiger partial charge in [-0.3, -0.25) is 0 Å². The van der Waals surface area contributed by atoms with Crippen LogP contribution in [0.25, 0.3) is 79.0 Å². The van der Waals surface area contributed by atoms with Gasteiger partial charge in [-0.25, -0.2) is 0 Å². The van der Waals surface area contributed by atoms with Gasteiger partial charge in [-0.05, 0) is 0 Å². The monoisotopic (exact) mass is 2360 g/mol. The summed E-state index contributed by atoms with van der Waals surface area (Å²) in [7, 11) is 1.79. The molecule has 141 heavy (non-hydrogen) atoms. The summed E-state index contributed by atoms with van der Waals surface area (Å²) in [6.07, 6.45) is 29.5. The van der Waals surface area contributed by atoms with Crippen LogP contribution < -0.4 is 4.74 Å². The molecule has 8 unspecified atom stereocenters. The Balaban J connectivity index is 0.000000137. The van der Waals surface area contributed by atoms with Crippen LogP contribution in [0.2, 0.25) is 84.5 Å². The number of halogens is 1. The van der Waals surface area contributed by atoms with E-state index in [0.717, 1.165) is 29.8 Å². The summed E-state index contributed by atoms with van der Waals surface area (Å²) in [5.74, 6) is 22.5. The van der Waals surface area contributed by atoms with Gasteiger partial charge in [-0.2, -0.15) is 0 Å². The summed E-state index contributed by atoms with van der Waals surface area (Å²) in [4.78, 5) is 0. The molecule has 8 aliphatic rings. The molecule has 11 aromatic rings. The van der Waals surface area contributed by atoms with Gasteiger partial charge in [0, 0.05) is 0 Å². The van der Waals surface area contributed by atoms with Crippen molar-refractivity contribution < 1.29 is 74.4 Å². The van der Waals surface area contributed by atoms with Crippen molar-refractivity contribution >= 4 is 99.1 Å². The van der Waals surface area contributed by atoms with Crippen molar-refractivity contribution in [1.82, 2.24) is 0 Å². The number of ether oxygens (including phenoxy) is 1. The standard InChI is InChI=1S/2C34H50Ge2.C20H14ClO.2C16H13.C10H15.2CH3.3Zr/c2*1-25-27(3)33(31-21-15-13-19-29(25)31)35(5,6)23-17-11-9-10-12-18-24-36(7,8)34-28(4)26(2)30-20-14-16-22-32(30)34;1-22-19-10-9-16(13-5-3-2-4-6-13)18-12-14-11-15(21)7-8-17(14)20(18)19;2*1-12-10-14-8-5-9-15(16(14)11-12)13-6-3-2-4-7-13;1-8-5-6-9(7-8)10(2,3)4;;;;;/h2*13-16,19-22,33-34H,9-12,17-18,23-24H2,1-8H3;2-12H,1H3;2*2-11H,1H3;5-7H,1-4H3;2*1H3;;;. The van der Waals surface area contributed by atoms with Gasteiger partial charge in [0.25, 0.3) is 0 Å². The molecule has 0 amide bonds. The summed E-state index contributed by atoms with van der Waals surface area (Å²) < 4.78 is 16.1. The average Bonchev–Trinajstić information content (AvgIpc) is 1.54. The molecule has 19 rings (SSSR count). The zero-order valence-corrected chi connectivity index (χ0v) is 107. The van der Waals surface area contributed by atoms with Crippen LogP contribution >= 0.6 is 11.6 Å². The summed E-state index contributed by atoms with van der Waals surface area (Å²) >= 11 is -0.940. The first-order chi connectivity index (χ1) is 67.1. The number of hydrogen-bond acceptors (Lipinski definition) is 1. The molecule has 0 fully saturated rings. The summed E-state index contributed by atoms with van der Waals surface area (Å²) in [6.45, 7) is 33.0. The van der Waals surface area contributed by atoms with E-state index in [9.17, 15) is 0 Å². The van der Waals surface area contributed by atoms with E-state index in [-0.39, 0.29) is 8.54 Å². The molecule has 8 aliphatic carbocycles. The van der Waals surface area contributed by atoms with Gasteiger partial charge < -0.3 is 0 Å². The van der Waals surface area contributed by atoms with Crippen LogP contribution in [0.4, 0.5) is 0 Å². The second-order valence-corrected chi connectivity index (χ2v) is 106. The van der Waals surface area contributed by atoms with Crippen LogP contribution in [-0.2, 0) is 69.7 Å². The Hall–Kier alpha value is -5.75. The number of hydrogen-bond donors (Lipinski definition) is 0. The Kier molecular flexibility index (Phi) is 36.1. The second kappa shape index (κ2) is 46.6. The van der Waals surface area contributed by atoms with Crippen LogP contribution in [0.3, 0.4) is 0 Å². The summed E-state index contributed by atoms with van der Waals surface area (Å²) in [6, 6.07) is 93.3. The Labute approximate surface area is 903 Å². The van der Waals surface area contributed by atoms with Gasteiger partial charge in [-0.15, -0.1) is 0 Å². The number of rotatable bonds is 28. The molecule has 0 radical (unpaired) electrons. The van der Waals surface area contributed by atoms with E-state index in [1.165, 1.54) is 215 Å². The summed E-state index contributed by atoms with van der Waals surface area (Å²) in [5.41, 5.74) is 49.4. The van der Waals surface area contributed by atoms with Crippen LogP contribution in [0.5, 0.6) is 5.75 Å². The zero-order valence-electron chi connectivity index (χ0n) is 90.3. The Morgan fingerprint density at radius 2 is 0.645 bits per heavy atom. The Morgan fingerprint density at radius 3 is 0.972 bits per heavy atom. The van der Waals surface area contributed by atoms with E-state index in [4.69, 9.17) is 16.3 Å². The maximum absolute atomic E-state index is 6.66. The van der Waals surface area contributed by atoms with Crippen LogP contribution in [0.15, 0.2) is 312 Å². The van der Waals surface area contributed by atoms with E-state index in [2.05, 4.69) is 431 Å². The van der Waals surface area contributed by atoms with Gasteiger partial charge in [-0.1, -0.05) is 0 Å². The zero-order chi connectivity index (χ0) is 101. The predicted molar refractivity (Wildman–Crippen MR) is 618 cm³/mol. The van der Waals surface area contributed by atoms with Crippen molar-refractivity contribution in [2.24, 2.45) is 5.41 Å². The molecule has 0 saturated heterocycles. The van der Waals surface area contributed by atoms with Crippen molar-refractivity contribution in [1.29, 1.82) is 0 Å².